The summed E-state index contributed by atoms with van der Waals surface area (Å²) >= 11 is 0. The van der Waals surface area contributed by atoms with Gasteiger partial charge in [0.25, 0.3) is 5.91 Å². The maximum Gasteiger partial charge on any atom is 0.251 e. The average Bonchev–Trinajstić information content (AvgIpc) is 2.74. The lowest BCUT2D eigenvalue weighted by molar-refractivity contribution is 0.0934. The Morgan fingerprint density at radius 2 is 1.65 bits per heavy atom. The van der Waals surface area contributed by atoms with Crippen molar-refractivity contribution in [2.24, 2.45) is 0 Å². The molecule has 31 heavy (non-hydrogen) atoms. The van der Waals surface area contributed by atoms with Gasteiger partial charge in [-0.1, -0.05) is 44.2 Å². The highest BCUT2D eigenvalue weighted by Gasteiger charge is 2.24. The highest BCUT2D eigenvalue weighted by molar-refractivity contribution is 7.89. The van der Waals surface area contributed by atoms with Gasteiger partial charge in [0, 0.05) is 32.2 Å². The normalized spacial score (nSPS) is 12.9. The Labute approximate surface area is 187 Å². The van der Waals surface area contributed by atoms with E-state index in [1.807, 2.05) is 25.1 Å². The summed E-state index contributed by atoms with van der Waals surface area (Å²) in [5.74, 6) is -0.261. The molecule has 0 aromatic heterocycles. The van der Waals surface area contributed by atoms with Gasteiger partial charge in [-0.15, -0.1) is 0 Å². The molecule has 2 aromatic carbocycles. The summed E-state index contributed by atoms with van der Waals surface area (Å²) in [5.41, 5.74) is 3.02. The predicted molar refractivity (Wildman–Crippen MR) is 126 cm³/mol. The molecule has 0 aliphatic rings. The molecule has 2 aromatic rings. The zero-order valence-corrected chi connectivity index (χ0v) is 20.3. The molecule has 0 aliphatic heterocycles. The second-order valence-corrected chi connectivity index (χ2v) is 10.1. The summed E-state index contributed by atoms with van der Waals surface area (Å²) in [6.07, 6.45) is 0.829. The maximum absolute atomic E-state index is 13.0. The summed E-state index contributed by atoms with van der Waals surface area (Å²) in [6.45, 7) is 10.1. The number of amides is 1. The molecule has 0 radical (unpaired) electrons. The van der Waals surface area contributed by atoms with Gasteiger partial charge in [0.2, 0.25) is 10.0 Å². The van der Waals surface area contributed by atoms with E-state index in [0.29, 0.717) is 17.7 Å². The molecule has 7 heteroatoms. The van der Waals surface area contributed by atoms with E-state index < -0.39 is 10.0 Å². The molecule has 6 nitrogen and oxygen atoms in total. The van der Waals surface area contributed by atoms with Crippen LogP contribution in [0.25, 0.3) is 0 Å². The van der Waals surface area contributed by atoms with Gasteiger partial charge in [0.15, 0.2) is 0 Å². The number of aryl methyl sites for hydroxylation is 1. The molecule has 0 aliphatic carbocycles. The number of carbonyl (C=O) groups is 1. The van der Waals surface area contributed by atoms with Gasteiger partial charge in [0.1, 0.15) is 0 Å². The van der Waals surface area contributed by atoms with Gasteiger partial charge in [-0.05, 0) is 62.2 Å². The number of carbonyl (C=O) groups excluding carboxylic acids is 1. The van der Waals surface area contributed by atoms with E-state index in [1.54, 1.807) is 13.0 Å². The lowest BCUT2D eigenvalue weighted by Gasteiger charge is -2.30. The minimum Gasteiger partial charge on any atom is -0.350 e. The van der Waals surface area contributed by atoms with Crippen molar-refractivity contribution in [3.63, 3.8) is 0 Å². The van der Waals surface area contributed by atoms with Crippen LogP contribution in [0.15, 0.2) is 47.4 Å². The van der Waals surface area contributed by atoms with Gasteiger partial charge >= 0.3 is 0 Å². The number of rotatable bonds is 10. The molecule has 0 heterocycles. The van der Waals surface area contributed by atoms with Crippen molar-refractivity contribution in [1.29, 1.82) is 0 Å². The van der Waals surface area contributed by atoms with E-state index in [9.17, 15) is 13.2 Å². The third-order valence-corrected chi connectivity index (χ3v) is 7.72. The smallest absolute Gasteiger partial charge is 0.251 e. The van der Waals surface area contributed by atoms with Crippen LogP contribution in [-0.4, -0.2) is 63.3 Å². The number of nitrogens with one attached hydrogen (secondary N) is 1. The molecule has 1 amide bonds. The van der Waals surface area contributed by atoms with E-state index in [0.717, 1.165) is 25.1 Å². The summed E-state index contributed by atoms with van der Waals surface area (Å²) in [6, 6.07) is 13.6. The molecular formula is C24H35N3O3S. The first kappa shape index (κ1) is 25.0. The maximum atomic E-state index is 13.0. The van der Waals surface area contributed by atoms with Crippen LogP contribution in [-0.2, 0) is 16.4 Å². The van der Waals surface area contributed by atoms with Gasteiger partial charge in [0.05, 0.1) is 4.90 Å². The van der Waals surface area contributed by atoms with Crippen LogP contribution in [0.4, 0.5) is 0 Å². The van der Waals surface area contributed by atoms with Crippen molar-refractivity contribution < 1.29 is 13.2 Å². The lowest BCUT2D eigenvalue weighted by Crippen LogP contribution is -2.45. The largest absolute Gasteiger partial charge is 0.350 e. The molecule has 1 atom stereocenters. The average molecular weight is 446 g/mol. The topological polar surface area (TPSA) is 69.7 Å². The SMILES string of the molecule is CCN(CC)C(CNC(=O)c1cc(C)c(C)c(S(=O)(=O)N(C)C)c1)Cc1ccccc1. The van der Waals surface area contributed by atoms with Gasteiger partial charge in [-0.25, -0.2) is 12.7 Å². The predicted octanol–water partition coefficient (Wildman–Crippen LogP) is 3.24. The highest BCUT2D eigenvalue weighted by atomic mass is 32.2. The fraction of sp³-hybridized carbons (Fsp3) is 0.458. The summed E-state index contributed by atoms with van der Waals surface area (Å²) in [4.78, 5) is 15.5. The number of benzene rings is 2. The molecular weight excluding hydrogens is 410 g/mol. The highest BCUT2D eigenvalue weighted by Crippen LogP contribution is 2.23. The van der Waals surface area contributed by atoms with Crippen molar-refractivity contribution in [3.8, 4) is 0 Å². The number of hydrogen-bond donors (Lipinski definition) is 1. The van der Waals surface area contributed by atoms with Gasteiger partial charge < -0.3 is 5.32 Å². The molecule has 0 spiro atoms. The molecule has 0 bridgehead atoms. The Kier molecular flexibility index (Phi) is 8.79. The number of likely N-dealkylation sites (N-methyl/N-ethyl adjacent to an activating group) is 1. The lowest BCUT2D eigenvalue weighted by atomic mass is 10.0. The van der Waals surface area contributed by atoms with Gasteiger partial charge in [-0.3, -0.25) is 9.69 Å². The molecule has 0 saturated carbocycles. The third kappa shape index (κ3) is 6.15. The van der Waals surface area contributed by atoms with Crippen molar-refractivity contribution in [2.45, 2.75) is 45.1 Å². The van der Waals surface area contributed by atoms with Crippen LogP contribution in [0.5, 0.6) is 0 Å². The van der Waals surface area contributed by atoms with E-state index in [1.165, 1.54) is 30.0 Å². The molecule has 1 unspecified atom stereocenters. The summed E-state index contributed by atoms with van der Waals surface area (Å²) in [7, 11) is -0.644. The molecule has 2 rings (SSSR count). The number of sulfonamides is 1. The van der Waals surface area contributed by atoms with Crippen LogP contribution < -0.4 is 5.32 Å². The minimum absolute atomic E-state index is 0.151. The second-order valence-electron chi connectivity index (χ2n) is 7.98. The molecule has 1 N–H and O–H groups in total. The van der Waals surface area contributed by atoms with Crippen molar-refractivity contribution in [2.75, 3.05) is 33.7 Å². The van der Waals surface area contributed by atoms with E-state index in [4.69, 9.17) is 0 Å². The third-order valence-electron chi connectivity index (χ3n) is 5.78. The van der Waals surface area contributed by atoms with E-state index in [2.05, 4.69) is 36.2 Å². The van der Waals surface area contributed by atoms with Crippen molar-refractivity contribution >= 4 is 15.9 Å². The fourth-order valence-electron chi connectivity index (χ4n) is 3.69. The van der Waals surface area contributed by atoms with E-state index >= 15 is 0 Å². The first-order chi connectivity index (χ1) is 14.6. The molecule has 170 valence electrons. The van der Waals surface area contributed by atoms with Gasteiger partial charge in [-0.2, -0.15) is 0 Å². The molecule has 0 fully saturated rings. The standard InChI is InChI=1S/C24H35N3O3S/c1-7-27(8-2)22(15-20-12-10-9-11-13-20)17-25-24(28)21-14-18(3)19(4)23(16-21)31(29,30)26(5)6/h9-14,16,22H,7-8,15,17H2,1-6H3,(H,25,28). The number of hydrogen-bond acceptors (Lipinski definition) is 4. The van der Waals surface area contributed by atoms with Crippen molar-refractivity contribution in [1.82, 2.24) is 14.5 Å². The van der Waals surface area contributed by atoms with Crippen LogP contribution >= 0.6 is 0 Å². The van der Waals surface area contributed by atoms with E-state index in [-0.39, 0.29) is 16.8 Å². The Bertz CT molecular complexity index is 985. The minimum atomic E-state index is -3.63. The quantitative estimate of drug-likeness (QED) is 0.610. The Balaban J connectivity index is 2.25. The van der Waals surface area contributed by atoms with Crippen LogP contribution in [0.3, 0.4) is 0 Å². The van der Waals surface area contributed by atoms with Crippen molar-refractivity contribution in [3.05, 3.63) is 64.7 Å². The van der Waals surface area contributed by atoms with Crippen LogP contribution in [0.2, 0.25) is 0 Å². The first-order valence-electron chi connectivity index (χ1n) is 10.7. The second kappa shape index (κ2) is 10.9. The fourth-order valence-corrected chi connectivity index (χ4v) is 4.91. The Morgan fingerprint density at radius 3 is 2.19 bits per heavy atom. The monoisotopic (exact) mass is 445 g/mol. The Morgan fingerprint density at radius 1 is 1.03 bits per heavy atom. The molecule has 0 saturated heterocycles. The zero-order valence-electron chi connectivity index (χ0n) is 19.5. The zero-order chi connectivity index (χ0) is 23.2. The first-order valence-corrected chi connectivity index (χ1v) is 12.2. The summed E-state index contributed by atoms with van der Waals surface area (Å²) < 4.78 is 26.6. The Hall–Kier alpha value is -2.22. The van der Waals surface area contributed by atoms with Crippen LogP contribution in [0.1, 0.15) is 40.9 Å². The number of nitrogens with zero attached hydrogens (tertiary/aromatic N) is 2. The van der Waals surface area contributed by atoms with Crippen LogP contribution in [0, 0.1) is 13.8 Å². The summed E-state index contributed by atoms with van der Waals surface area (Å²) in [5, 5.41) is 3.03.